The highest BCUT2D eigenvalue weighted by molar-refractivity contribution is 5.69. The molecular formula is C30H60O5. The van der Waals surface area contributed by atoms with Gasteiger partial charge in [0.25, 0.3) is 0 Å². The lowest BCUT2D eigenvalue weighted by Crippen LogP contribution is -2.15. The lowest BCUT2D eigenvalue weighted by Gasteiger charge is -2.16. The highest BCUT2D eigenvalue weighted by atomic mass is 16.5. The maximum absolute atomic E-state index is 12.1. The van der Waals surface area contributed by atoms with Crippen molar-refractivity contribution in [3.63, 3.8) is 0 Å². The summed E-state index contributed by atoms with van der Waals surface area (Å²) in [5.74, 6) is 0.432. The maximum atomic E-state index is 12.1. The van der Waals surface area contributed by atoms with Gasteiger partial charge in [-0.05, 0) is 31.6 Å². The number of hydrogen-bond donors (Lipinski definition) is 0. The van der Waals surface area contributed by atoms with Crippen LogP contribution in [0, 0.1) is 5.92 Å². The number of rotatable bonds is 29. The van der Waals surface area contributed by atoms with E-state index < -0.39 is 0 Å². The molecule has 0 aromatic carbocycles. The predicted octanol–water partition coefficient (Wildman–Crippen LogP) is 8.28. The van der Waals surface area contributed by atoms with E-state index in [4.69, 9.17) is 18.9 Å². The molecule has 0 heterocycles. The van der Waals surface area contributed by atoms with Crippen LogP contribution >= 0.6 is 0 Å². The summed E-state index contributed by atoms with van der Waals surface area (Å²) in [5.41, 5.74) is 0. The van der Waals surface area contributed by atoms with E-state index in [2.05, 4.69) is 20.8 Å². The van der Waals surface area contributed by atoms with Gasteiger partial charge in [-0.2, -0.15) is 0 Å². The van der Waals surface area contributed by atoms with Crippen molar-refractivity contribution in [2.24, 2.45) is 5.92 Å². The first-order chi connectivity index (χ1) is 17.2. The van der Waals surface area contributed by atoms with E-state index in [9.17, 15) is 4.79 Å². The molecule has 0 spiro atoms. The Hall–Kier alpha value is -0.650. The molecule has 35 heavy (non-hydrogen) atoms. The lowest BCUT2D eigenvalue weighted by molar-refractivity contribution is -0.145. The number of hydrogen-bond acceptors (Lipinski definition) is 5. The van der Waals surface area contributed by atoms with Crippen LogP contribution in [-0.2, 0) is 23.7 Å². The average Bonchev–Trinajstić information content (AvgIpc) is 2.87. The number of unbranched alkanes of at least 4 members (excludes halogenated alkanes) is 11. The maximum Gasteiger partial charge on any atom is 0.305 e. The first-order valence-electron chi connectivity index (χ1n) is 15.1. The molecule has 0 fully saturated rings. The van der Waals surface area contributed by atoms with E-state index >= 15 is 0 Å². The molecule has 0 aliphatic carbocycles. The van der Waals surface area contributed by atoms with Crippen LogP contribution in [0.1, 0.15) is 136 Å². The molecule has 0 amide bonds. The lowest BCUT2D eigenvalue weighted by atomic mass is 9.96. The second-order valence-corrected chi connectivity index (χ2v) is 9.96. The molecule has 0 aromatic rings. The van der Waals surface area contributed by atoms with E-state index in [0.717, 1.165) is 13.0 Å². The molecule has 0 saturated carbocycles. The predicted molar refractivity (Wildman–Crippen MR) is 147 cm³/mol. The van der Waals surface area contributed by atoms with Gasteiger partial charge in [0.1, 0.15) is 0 Å². The Balaban J connectivity index is 3.42. The van der Waals surface area contributed by atoms with Crippen LogP contribution < -0.4 is 0 Å². The summed E-state index contributed by atoms with van der Waals surface area (Å²) >= 11 is 0. The zero-order chi connectivity index (χ0) is 25.7. The van der Waals surface area contributed by atoms with Crippen LogP contribution in [0.2, 0.25) is 0 Å². The molecule has 1 atom stereocenters. The van der Waals surface area contributed by atoms with E-state index in [1.165, 1.54) is 96.3 Å². The Bertz CT molecular complexity index is 416. The first-order valence-corrected chi connectivity index (χ1v) is 15.1. The largest absolute Gasteiger partial charge is 0.465 e. The van der Waals surface area contributed by atoms with Crippen LogP contribution in [0.25, 0.3) is 0 Å². The standard InChI is InChI=1S/C30H60O5/c1-4-7-10-12-13-14-15-17-22-32-24-26-34-27-25-33-23-18-21-30(31)35-28-29(19-9-6-3)20-16-11-8-5-2/h29H,4-28H2,1-3H3. The van der Waals surface area contributed by atoms with Crippen LogP contribution in [0.15, 0.2) is 0 Å². The molecular weight excluding hydrogens is 440 g/mol. The smallest absolute Gasteiger partial charge is 0.305 e. The summed E-state index contributed by atoms with van der Waals surface area (Å²) in [4.78, 5) is 12.1. The molecule has 0 rings (SSSR count). The van der Waals surface area contributed by atoms with E-state index in [1.807, 2.05) is 0 Å². The first kappa shape index (κ1) is 34.4. The van der Waals surface area contributed by atoms with Crippen molar-refractivity contribution in [1.29, 1.82) is 0 Å². The van der Waals surface area contributed by atoms with Crippen LogP contribution in [0.3, 0.4) is 0 Å². The molecule has 210 valence electrons. The SMILES string of the molecule is CCCCCCCCCCOCCOCCOCCCC(=O)OCC(CCCC)CCCCCC. The molecule has 5 heteroatoms. The van der Waals surface area contributed by atoms with Crippen LogP contribution in [-0.4, -0.2) is 52.2 Å². The van der Waals surface area contributed by atoms with Gasteiger partial charge >= 0.3 is 5.97 Å². The Labute approximate surface area is 218 Å². The Morgan fingerprint density at radius 2 is 0.971 bits per heavy atom. The molecule has 5 nitrogen and oxygen atoms in total. The molecule has 0 saturated heterocycles. The Kier molecular flexibility index (Phi) is 29.0. The van der Waals surface area contributed by atoms with E-state index in [-0.39, 0.29) is 5.97 Å². The minimum Gasteiger partial charge on any atom is -0.465 e. The number of ether oxygens (including phenoxy) is 4. The number of carbonyl (C=O) groups is 1. The van der Waals surface area contributed by atoms with Gasteiger partial charge in [-0.15, -0.1) is 0 Å². The van der Waals surface area contributed by atoms with Crippen LogP contribution in [0.5, 0.6) is 0 Å². The Morgan fingerprint density at radius 3 is 1.57 bits per heavy atom. The Morgan fingerprint density at radius 1 is 0.514 bits per heavy atom. The van der Waals surface area contributed by atoms with Crippen molar-refractivity contribution in [2.75, 3.05) is 46.2 Å². The summed E-state index contributed by atoms with van der Waals surface area (Å²) in [6.45, 7) is 11.1. The molecule has 0 bridgehead atoms. The normalized spacial score (nSPS) is 12.2. The minimum absolute atomic E-state index is 0.0893. The average molecular weight is 501 g/mol. The van der Waals surface area contributed by atoms with Gasteiger partial charge in [0.15, 0.2) is 0 Å². The number of esters is 1. The van der Waals surface area contributed by atoms with Crippen LogP contribution in [0.4, 0.5) is 0 Å². The van der Waals surface area contributed by atoms with Crippen molar-refractivity contribution in [3.8, 4) is 0 Å². The summed E-state index contributed by atoms with van der Waals surface area (Å²) < 4.78 is 22.3. The fourth-order valence-corrected chi connectivity index (χ4v) is 4.15. The van der Waals surface area contributed by atoms with Gasteiger partial charge in [-0.25, -0.2) is 0 Å². The van der Waals surface area contributed by atoms with Crippen molar-refractivity contribution in [2.45, 2.75) is 136 Å². The van der Waals surface area contributed by atoms with Gasteiger partial charge < -0.3 is 18.9 Å². The van der Waals surface area contributed by atoms with Gasteiger partial charge in [-0.1, -0.05) is 104 Å². The van der Waals surface area contributed by atoms with Crippen molar-refractivity contribution >= 4 is 5.97 Å². The van der Waals surface area contributed by atoms with Gasteiger partial charge in [0, 0.05) is 19.6 Å². The highest BCUT2D eigenvalue weighted by Gasteiger charge is 2.12. The third-order valence-corrected chi connectivity index (χ3v) is 6.47. The second kappa shape index (κ2) is 29.6. The molecule has 0 radical (unpaired) electrons. The summed E-state index contributed by atoms with van der Waals surface area (Å²) in [7, 11) is 0. The fraction of sp³-hybridized carbons (Fsp3) is 0.967. The van der Waals surface area contributed by atoms with Crippen molar-refractivity contribution in [3.05, 3.63) is 0 Å². The molecule has 0 aromatic heterocycles. The van der Waals surface area contributed by atoms with E-state index in [1.54, 1.807) is 0 Å². The number of carbonyl (C=O) groups excluding carboxylic acids is 1. The van der Waals surface area contributed by atoms with Crippen molar-refractivity contribution in [1.82, 2.24) is 0 Å². The molecule has 1 unspecified atom stereocenters. The monoisotopic (exact) mass is 500 g/mol. The fourth-order valence-electron chi connectivity index (χ4n) is 4.15. The molecule has 0 aliphatic heterocycles. The van der Waals surface area contributed by atoms with Gasteiger partial charge in [-0.3, -0.25) is 4.79 Å². The third kappa shape index (κ3) is 27.8. The second-order valence-electron chi connectivity index (χ2n) is 9.96. The quantitative estimate of drug-likeness (QED) is 0.0764. The summed E-state index contributed by atoms with van der Waals surface area (Å²) in [6.07, 6.45) is 21.6. The molecule has 0 N–H and O–H groups in total. The van der Waals surface area contributed by atoms with Crippen molar-refractivity contribution < 1.29 is 23.7 Å². The highest BCUT2D eigenvalue weighted by Crippen LogP contribution is 2.18. The minimum atomic E-state index is -0.0893. The summed E-state index contributed by atoms with van der Waals surface area (Å²) in [5, 5.41) is 0. The zero-order valence-corrected chi connectivity index (χ0v) is 23.8. The van der Waals surface area contributed by atoms with Gasteiger partial charge in [0.2, 0.25) is 0 Å². The zero-order valence-electron chi connectivity index (χ0n) is 23.8. The van der Waals surface area contributed by atoms with Gasteiger partial charge in [0.05, 0.1) is 33.0 Å². The third-order valence-electron chi connectivity index (χ3n) is 6.47. The topological polar surface area (TPSA) is 54.0 Å². The molecule has 0 aliphatic rings. The summed E-state index contributed by atoms with van der Waals surface area (Å²) in [6, 6.07) is 0. The van der Waals surface area contributed by atoms with E-state index in [0.29, 0.717) is 58.4 Å².